The van der Waals surface area contributed by atoms with E-state index in [1.807, 2.05) is 36.4 Å². The third-order valence-electron chi connectivity index (χ3n) is 4.27. The Hall–Kier alpha value is -3.09. The fourth-order valence-corrected chi connectivity index (χ4v) is 3.92. The highest BCUT2D eigenvalue weighted by Crippen LogP contribution is 2.41. The summed E-state index contributed by atoms with van der Waals surface area (Å²) in [4.78, 5) is 24.2. The minimum Gasteiger partial charge on any atom is -0.508 e. The van der Waals surface area contributed by atoms with Gasteiger partial charge in [0, 0.05) is 26.5 Å². The predicted octanol–water partition coefficient (Wildman–Crippen LogP) is 4.71. The number of hydrogen-bond donors (Lipinski definition) is 2. The average molecular weight is 390 g/mol. The van der Waals surface area contributed by atoms with Gasteiger partial charge in [0.25, 0.3) is 5.91 Å². The Labute approximate surface area is 167 Å². The first-order valence-electron chi connectivity index (χ1n) is 8.87. The topological polar surface area (TPSA) is 70.9 Å². The Morgan fingerprint density at radius 1 is 1.07 bits per heavy atom. The molecule has 0 atom stereocenters. The number of hydroxylamine groups is 1. The first kappa shape index (κ1) is 18.3. The lowest BCUT2D eigenvalue weighted by Crippen LogP contribution is -2.23. The number of carbonyl (C=O) groups is 1. The molecule has 2 N–H and O–H groups in total. The van der Waals surface area contributed by atoms with Gasteiger partial charge in [-0.05, 0) is 55.5 Å². The molecule has 140 valence electrons. The second-order valence-corrected chi connectivity index (χ2v) is 7.24. The summed E-state index contributed by atoms with van der Waals surface area (Å²) in [5.41, 5.74) is 6.31. The van der Waals surface area contributed by atoms with Gasteiger partial charge in [-0.2, -0.15) is 0 Å². The molecule has 0 aliphatic carbocycles. The summed E-state index contributed by atoms with van der Waals surface area (Å²) < 4.78 is 0. The van der Waals surface area contributed by atoms with E-state index in [-0.39, 0.29) is 11.7 Å². The van der Waals surface area contributed by atoms with E-state index in [0.29, 0.717) is 17.9 Å². The van der Waals surface area contributed by atoms with E-state index in [4.69, 9.17) is 9.83 Å². The van der Waals surface area contributed by atoms with Crippen molar-refractivity contribution in [2.45, 2.75) is 16.7 Å². The number of phenols is 1. The highest BCUT2D eigenvalue weighted by atomic mass is 32.2. The van der Waals surface area contributed by atoms with Crippen LogP contribution < -0.4 is 5.48 Å². The fraction of sp³-hybridized carbons (Fsp3) is 0.0909. The van der Waals surface area contributed by atoms with Crippen LogP contribution in [-0.4, -0.2) is 23.3 Å². The van der Waals surface area contributed by atoms with Crippen LogP contribution in [0.2, 0.25) is 0 Å². The lowest BCUT2D eigenvalue weighted by atomic mass is 10.0. The number of benzene rings is 3. The summed E-state index contributed by atoms with van der Waals surface area (Å²) in [6.45, 7) is 2.20. The Balaban J connectivity index is 1.84. The Kier molecular flexibility index (Phi) is 5.14. The molecule has 4 rings (SSSR count). The van der Waals surface area contributed by atoms with Gasteiger partial charge in [-0.3, -0.25) is 9.63 Å². The summed E-state index contributed by atoms with van der Waals surface area (Å²) in [7, 11) is 0. The van der Waals surface area contributed by atoms with Crippen molar-refractivity contribution >= 4 is 29.1 Å². The molecule has 3 aromatic rings. The molecule has 1 amide bonds. The minimum atomic E-state index is -0.308. The van der Waals surface area contributed by atoms with E-state index >= 15 is 0 Å². The summed E-state index contributed by atoms with van der Waals surface area (Å²) in [5.74, 6) is -0.103. The maximum Gasteiger partial charge on any atom is 0.274 e. The SMILES string of the molecule is CCONC(=O)c1ccc2c(c1)N=C(c1ccc(O)cc1)c1ccccc1S2. The lowest BCUT2D eigenvalue weighted by Gasteiger charge is -2.09. The van der Waals surface area contributed by atoms with Gasteiger partial charge < -0.3 is 5.11 Å². The summed E-state index contributed by atoms with van der Waals surface area (Å²) in [6.07, 6.45) is 0. The molecule has 0 fully saturated rings. The highest BCUT2D eigenvalue weighted by molar-refractivity contribution is 7.99. The number of rotatable bonds is 4. The van der Waals surface area contributed by atoms with Crippen LogP contribution in [0.3, 0.4) is 0 Å². The third-order valence-corrected chi connectivity index (χ3v) is 5.41. The molecule has 0 aromatic heterocycles. The molecule has 28 heavy (non-hydrogen) atoms. The van der Waals surface area contributed by atoms with Gasteiger partial charge >= 0.3 is 0 Å². The second kappa shape index (κ2) is 7.88. The van der Waals surface area contributed by atoms with Crippen LogP contribution in [0.4, 0.5) is 5.69 Å². The van der Waals surface area contributed by atoms with Gasteiger partial charge in [-0.15, -0.1) is 0 Å². The molecule has 3 aromatic carbocycles. The molecule has 0 saturated carbocycles. The third kappa shape index (κ3) is 3.65. The zero-order chi connectivity index (χ0) is 19.5. The number of nitrogens with zero attached hydrogens (tertiary/aromatic N) is 1. The zero-order valence-corrected chi connectivity index (χ0v) is 16.0. The van der Waals surface area contributed by atoms with Gasteiger partial charge in [0.1, 0.15) is 5.75 Å². The number of aliphatic imine (C=N–C) groups is 1. The van der Waals surface area contributed by atoms with Gasteiger partial charge in [0.15, 0.2) is 0 Å². The number of hydrogen-bond acceptors (Lipinski definition) is 5. The van der Waals surface area contributed by atoms with Crippen molar-refractivity contribution in [3.63, 3.8) is 0 Å². The van der Waals surface area contributed by atoms with E-state index in [1.165, 1.54) is 0 Å². The van der Waals surface area contributed by atoms with Crippen LogP contribution in [0.15, 0.2) is 81.5 Å². The number of carbonyl (C=O) groups excluding carboxylic acids is 1. The molecule has 0 radical (unpaired) electrons. The molecule has 0 saturated heterocycles. The molecular formula is C22H18N2O3S. The van der Waals surface area contributed by atoms with Crippen LogP contribution in [0.5, 0.6) is 5.75 Å². The number of fused-ring (bicyclic) bond motifs is 2. The Bertz CT molecular complexity index is 1060. The van der Waals surface area contributed by atoms with Crippen molar-refractivity contribution < 1.29 is 14.7 Å². The molecular weight excluding hydrogens is 372 g/mol. The zero-order valence-electron chi connectivity index (χ0n) is 15.2. The lowest BCUT2D eigenvalue weighted by molar-refractivity contribution is 0.0364. The van der Waals surface area contributed by atoms with Crippen LogP contribution in [0.25, 0.3) is 0 Å². The first-order chi connectivity index (χ1) is 13.7. The van der Waals surface area contributed by atoms with Crippen LogP contribution in [-0.2, 0) is 4.84 Å². The van der Waals surface area contributed by atoms with Gasteiger partial charge in [0.2, 0.25) is 0 Å². The average Bonchev–Trinajstić information content (AvgIpc) is 2.88. The van der Waals surface area contributed by atoms with Crippen molar-refractivity contribution in [3.05, 3.63) is 83.4 Å². The van der Waals surface area contributed by atoms with E-state index in [0.717, 1.165) is 26.6 Å². The summed E-state index contributed by atoms with van der Waals surface area (Å²) in [6, 6.07) is 20.5. The minimum absolute atomic E-state index is 0.205. The van der Waals surface area contributed by atoms with E-state index < -0.39 is 0 Å². The van der Waals surface area contributed by atoms with Crippen molar-refractivity contribution in [1.82, 2.24) is 5.48 Å². The maximum absolute atomic E-state index is 12.3. The maximum atomic E-state index is 12.3. The van der Waals surface area contributed by atoms with Crippen LogP contribution in [0, 0.1) is 0 Å². The first-order valence-corrected chi connectivity index (χ1v) is 9.69. The van der Waals surface area contributed by atoms with Gasteiger partial charge in [0.05, 0.1) is 18.0 Å². The largest absolute Gasteiger partial charge is 0.508 e. The van der Waals surface area contributed by atoms with Crippen molar-refractivity contribution in [3.8, 4) is 5.75 Å². The number of aromatic hydroxyl groups is 1. The van der Waals surface area contributed by atoms with Crippen molar-refractivity contribution in [2.75, 3.05) is 6.61 Å². The van der Waals surface area contributed by atoms with Crippen molar-refractivity contribution in [1.29, 1.82) is 0 Å². The molecule has 0 bridgehead atoms. The van der Waals surface area contributed by atoms with Crippen molar-refractivity contribution in [2.24, 2.45) is 4.99 Å². The molecule has 6 heteroatoms. The van der Waals surface area contributed by atoms with Gasteiger partial charge in [-0.1, -0.05) is 30.0 Å². The standard InChI is InChI=1S/C22H18N2O3S/c1-2-27-24-22(26)15-9-12-20-18(13-15)23-21(14-7-10-16(25)11-8-14)17-5-3-4-6-19(17)28-20/h3-13,25H,2H2,1H3,(H,24,26). The Morgan fingerprint density at radius 2 is 1.86 bits per heavy atom. The van der Waals surface area contributed by atoms with Crippen LogP contribution in [0.1, 0.15) is 28.4 Å². The monoisotopic (exact) mass is 390 g/mol. The molecule has 1 heterocycles. The smallest absolute Gasteiger partial charge is 0.274 e. The van der Waals surface area contributed by atoms with E-state index in [2.05, 4.69) is 11.5 Å². The summed E-state index contributed by atoms with van der Waals surface area (Å²) >= 11 is 1.62. The predicted molar refractivity (Wildman–Crippen MR) is 110 cm³/mol. The molecule has 1 aliphatic heterocycles. The molecule has 0 unspecified atom stereocenters. The van der Waals surface area contributed by atoms with Gasteiger partial charge in [-0.25, -0.2) is 10.5 Å². The number of amides is 1. The Morgan fingerprint density at radius 3 is 2.64 bits per heavy atom. The quantitative estimate of drug-likeness (QED) is 0.495. The molecule has 5 nitrogen and oxygen atoms in total. The molecule has 1 aliphatic rings. The fourth-order valence-electron chi connectivity index (χ4n) is 2.92. The van der Waals surface area contributed by atoms with E-state index in [9.17, 15) is 9.90 Å². The number of phenolic OH excluding ortho intramolecular Hbond substituents is 1. The second-order valence-electron chi connectivity index (χ2n) is 6.15. The van der Waals surface area contributed by atoms with E-state index in [1.54, 1.807) is 43.0 Å². The number of nitrogens with one attached hydrogen (secondary N) is 1. The molecule has 0 spiro atoms. The highest BCUT2D eigenvalue weighted by Gasteiger charge is 2.20. The summed E-state index contributed by atoms with van der Waals surface area (Å²) in [5, 5.41) is 9.63. The normalized spacial score (nSPS) is 12.4. The van der Waals surface area contributed by atoms with Crippen LogP contribution >= 0.6 is 11.8 Å².